The van der Waals surface area contributed by atoms with Crippen LogP contribution in [-0.2, 0) is 0 Å². The second-order valence-electron chi connectivity index (χ2n) is 2.62. The predicted octanol–water partition coefficient (Wildman–Crippen LogP) is -0.849. The number of nitrogens with one attached hydrogen (secondary N) is 1. The van der Waals surface area contributed by atoms with Gasteiger partial charge in [0, 0.05) is 18.0 Å². The first-order valence-corrected chi connectivity index (χ1v) is 3.59. The SMILES string of the molecule is CC(O)C(N)c1cnc(=O)[nH]c1. The van der Waals surface area contributed by atoms with Gasteiger partial charge >= 0.3 is 5.69 Å². The molecule has 0 aromatic carbocycles. The molecule has 1 rings (SSSR count). The summed E-state index contributed by atoms with van der Waals surface area (Å²) in [5.41, 5.74) is 5.77. The smallest absolute Gasteiger partial charge is 0.344 e. The fraction of sp³-hybridized carbons (Fsp3) is 0.429. The van der Waals surface area contributed by atoms with E-state index in [0.29, 0.717) is 5.56 Å². The Morgan fingerprint density at radius 2 is 2.42 bits per heavy atom. The molecular formula is C7H11N3O2. The molecule has 0 fully saturated rings. The monoisotopic (exact) mass is 169 g/mol. The third-order valence-electron chi connectivity index (χ3n) is 1.60. The van der Waals surface area contributed by atoms with Gasteiger partial charge in [-0.15, -0.1) is 0 Å². The summed E-state index contributed by atoms with van der Waals surface area (Å²) in [4.78, 5) is 16.4. The minimum absolute atomic E-state index is 0.420. The minimum Gasteiger partial charge on any atom is -0.391 e. The van der Waals surface area contributed by atoms with E-state index < -0.39 is 17.8 Å². The molecule has 12 heavy (non-hydrogen) atoms. The van der Waals surface area contributed by atoms with Gasteiger partial charge in [0.05, 0.1) is 12.1 Å². The summed E-state index contributed by atoms with van der Waals surface area (Å²) in [6, 6.07) is -0.505. The summed E-state index contributed by atoms with van der Waals surface area (Å²) in [6.45, 7) is 1.58. The maximum Gasteiger partial charge on any atom is 0.344 e. The van der Waals surface area contributed by atoms with Crippen molar-refractivity contribution in [2.75, 3.05) is 0 Å². The van der Waals surface area contributed by atoms with E-state index in [0.717, 1.165) is 0 Å². The number of aliphatic hydroxyl groups excluding tert-OH is 1. The van der Waals surface area contributed by atoms with E-state index in [1.807, 2.05) is 0 Å². The van der Waals surface area contributed by atoms with Gasteiger partial charge in [0.25, 0.3) is 0 Å². The number of hydrogen-bond acceptors (Lipinski definition) is 4. The van der Waals surface area contributed by atoms with Gasteiger partial charge < -0.3 is 15.8 Å². The third-order valence-corrected chi connectivity index (χ3v) is 1.60. The van der Waals surface area contributed by atoms with E-state index in [-0.39, 0.29) is 0 Å². The van der Waals surface area contributed by atoms with E-state index in [4.69, 9.17) is 10.8 Å². The van der Waals surface area contributed by atoms with Crippen molar-refractivity contribution in [3.63, 3.8) is 0 Å². The van der Waals surface area contributed by atoms with Gasteiger partial charge in [-0.3, -0.25) is 0 Å². The molecule has 0 saturated heterocycles. The molecule has 1 aromatic heterocycles. The van der Waals surface area contributed by atoms with Crippen LogP contribution in [0.15, 0.2) is 17.2 Å². The highest BCUT2D eigenvalue weighted by Crippen LogP contribution is 2.09. The number of H-pyrrole nitrogens is 1. The Balaban J connectivity index is 2.89. The highest BCUT2D eigenvalue weighted by molar-refractivity contribution is 5.09. The van der Waals surface area contributed by atoms with Crippen LogP contribution in [0.5, 0.6) is 0 Å². The molecule has 0 amide bonds. The summed E-state index contributed by atoms with van der Waals surface area (Å²) in [7, 11) is 0. The third kappa shape index (κ3) is 1.90. The molecule has 2 unspecified atom stereocenters. The topological polar surface area (TPSA) is 92.0 Å². The average molecular weight is 169 g/mol. The van der Waals surface area contributed by atoms with Crippen molar-refractivity contribution >= 4 is 0 Å². The molecule has 0 spiro atoms. The Labute approximate surface area is 69.3 Å². The first-order chi connectivity index (χ1) is 5.61. The van der Waals surface area contributed by atoms with Gasteiger partial charge in [-0.2, -0.15) is 0 Å². The standard InChI is InChI=1S/C7H11N3O2/c1-4(11)6(8)5-2-9-7(12)10-3-5/h2-4,6,11H,8H2,1H3,(H,9,10,12). The lowest BCUT2D eigenvalue weighted by atomic mass is 10.1. The minimum atomic E-state index is -0.655. The van der Waals surface area contributed by atoms with Crippen molar-refractivity contribution in [1.82, 2.24) is 9.97 Å². The molecule has 0 aliphatic rings. The van der Waals surface area contributed by atoms with E-state index >= 15 is 0 Å². The number of nitrogens with two attached hydrogens (primary N) is 1. The van der Waals surface area contributed by atoms with Gasteiger partial charge in [-0.25, -0.2) is 9.78 Å². The number of aliphatic hydroxyl groups is 1. The van der Waals surface area contributed by atoms with Crippen LogP contribution < -0.4 is 11.4 Å². The number of hydrogen-bond donors (Lipinski definition) is 3. The van der Waals surface area contributed by atoms with Crippen LogP contribution >= 0.6 is 0 Å². The van der Waals surface area contributed by atoms with Crippen molar-refractivity contribution in [1.29, 1.82) is 0 Å². The quantitative estimate of drug-likeness (QED) is 0.537. The van der Waals surface area contributed by atoms with Gasteiger partial charge in [0.1, 0.15) is 0 Å². The van der Waals surface area contributed by atoms with Gasteiger partial charge in [0.2, 0.25) is 0 Å². The van der Waals surface area contributed by atoms with Gasteiger partial charge in [-0.05, 0) is 6.92 Å². The van der Waals surface area contributed by atoms with Crippen LogP contribution in [0.25, 0.3) is 0 Å². The number of aromatic nitrogens is 2. The number of aromatic amines is 1. The first-order valence-electron chi connectivity index (χ1n) is 3.59. The Morgan fingerprint density at radius 3 is 2.83 bits per heavy atom. The average Bonchev–Trinajstić information content (AvgIpc) is 2.04. The molecule has 0 aliphatic heterocycles. The van der Waals surface area contributed by atoms with E-state index in [1.54, 1.807) is 6.92 Å². The van der Waals surface area contributed by atoms with Crippen LogP contribution in [0, 0.1) is 0 Å². The van der Waals surface area contributed by atoms with Crippen molar-refractivity contribution in [3.05, 3.63) is 28.4 Å². The summed E-state index contributed by atoms with van der Waals surface area (Å²) in [6.07, 6.45) is 2.15. The van der Waals surface area contributed by atoms with Crippen LogP contribution in [0.4, 0.5) is 0 Å². The zero-order chi connectivity index (χ0) is 9.14. The maximum absolute atomic E-state index is 10.5. The maximum atomic E-state index is 10.5. The lowest BCUT2D eigenvalue weighted by Gasteiger charge is -2.13. The normalized spacial score (nSPS) is 15.6. The second kappa shape index (κ2) is 3.46. The highest BCUT2D eigenvalue weighted by Gasteiger charge is 2.11. The Morgan fingerprint density at radius 1 is 1.75 bits per heavy atom. The van der Waals surface area contributed by atoms with Crippen molar-refractivity contribution in [3.8, 4) is 0 Å². The van der Waals surface area contributed by atoms with E-state index in [2.05, 4.69) is 9.97 Å². The first kappa shape index (κ1) is 8.89. The van der Waals surface area contributed by atoms with Crippen LogP contribution in [0.3, 0.4) is 0 Å². The van der Waals surface area contributed by atoms with Crippen LogP contribution in [0.1, 0.15) is 18.5 Å². The van der Waals surface area contributed by atoms with Crippen LogP contribution in [-0.4, -0.2) is 21.2 Å². The van der Waals surface area contributed by atoms with Gasteiger partial charge in [0.15, 0.2) is 0 Å². The molecule has 1 heterocycles. The molecule has 0 saturated carbocycles. The summed E-state index contributed by atoms with van der Waals surface area (Å²) in [5.74, 6) is 0. The molecule has 66 valence electrons. The Hall–Kier alpha value is -1.20. The largest absolute Gasteiger partial charge is 0.391 e. The zero-order valence-electron chi connectivity index (χ0n) is 6.69. The molecule has 5 nitrogen and oxygen atoms in total. The molecule has 0 aliphatic carbocycles. The van der Waals surface area contributed by atoms with E-state index in [1.165, 1.54) is 12.4 Å². The fourth-order valence-electron chi connectivity index (χ4n) is 0.814. The molecule has 1 aromatic rings. The molecule has 0 radical (unpaired) electrons. The Bertz CT molecular complexity index is 287. The number of rotatable bonds is 2. The van der Waals surface area contributed by atoms with Gasteiger partial charge in [-0.1, -0.05) is 0 Å². The zero-order valence-corrected chi connectivity index (χ0v) is 6.69. The molecule has 0 bridgehead atoms. The highest BCUT2D eigenvalue weighted by atomic mass is 16.3. The summed E-state index contributed by atoms with van der Waals surface area (Å²) < 4.78 is 0. The summed E-state index contributed by atoms with van der Waals surface area (Å²) in [5, 5.41) is 9.10. The lowest BCUT2D eigenvalue weighted by molar-refractivity contribution is 0.164. The number of nitrogens with zero attached hydrogens (tertiary/aromatic N) is 1. The van der Waals surface area contributed by atoms with Crippen LogP contribution in [0.2, 0.25) is 0 Å². The summed E-state index contributed by atoms with van der Waals surface area (Å²) >= 11 is 0. The Kier molecular flexibility index (Phi) is 2.57. The predicted molar refractivity (Wildman–Crippen MR) is 43.5 cm³/mol. The lowest BCUT2D eigenvalue weighted by Crippen LogP contribution is -2.24. The molecule has 2 atom stereocenters. The molecule has 4 N–H and O–H groups in total. The molecular weight excluding hydrogens is 158 g/mol. The van der Waals surface area contributed by atoms with Crippen molar-refractivity contribution in [2.45, 2.75) is 19.1 Å². The second-order valence-corrected chi connectivity index (χ2v) is 2.62. The van der Waals surface area contributed by atoms with E-state index in [9.17, 15) is 4.79 Å². The van der Waals surface area contributed by atoms with Crippen molar-refractivity contribution in [2.24, 2.45) is 5.73 Å². The molecule has 5 heteroatoms. The van der Waals surface area contributed by atoms with Crippen molar-refractivity contribution < 1.29 is 5.11 Å². The fourth-order valence-corrected chi connectivity index (χ4v) is 0.814.